The van der Waals surface area contributed by atoms with Crippen molar-refractivity contribution in [1.29, 1.82) is 0 Å². The predicted octanol–water partition coefficient (Wildman–Crippen LogP) is 1.51. The predicted molar refractivity (Wildman–Crippen MR) is 86.5 cm³/mol. The third-order valence-corrected chi connectivity index (χ3v) is 5.82. The highest BCUT2D eigenvalue weighted by molar-refractivity contribution is 8.00. The molecule has 116 valence electrons. The summed E-state index contributed by atoms with van der Waals surface area (Å²) < 4.78 is 23.4. The van der Waals surface area contributed by atoms with Crippen LogP contribution < -0.4 is 10.6 Å². The lowest BCUT2D eigenvalue weighted by atomic mass is 10.2. The van der Waals surface area contributed by atoms with Gasteiger partial charge in [-0.3, -0.25) is 4.79 Å². The van der Waals surface area contributed by atoms with E-state index in [0.29, 0.717) is 16.7 Å². The molecule has 2 N–H and O–H groups in total. The van der Waals surface area contributed by atoms with Crippen LogP contribution in [-0.2, 0) is 14.6 Å². The molecular weight excluding hydrogens is 308 g/mol. The number of hydrogen-bond acceptors (Lipinski definition) is 5. The van der Waals surface area contributed by atoms with Crippen LogP contribution >= 0.6 is 11.8 Å². The van der Waals surface area contributed by atoms with E-state index in [9.17, 15) is 13.2 Å². The minimum absolute atomic E-state index is 0.158. The van der Waals surface area contributed by atoms with Crippen LogP contribution in [0.4, 0.5) is 5.69 Å². The highest BCUT2D eigenvalue weighted by atomic mass is 32.2. The Balaban J connectivity index is 1.93. The van der Waals surface area contributed by atoms with Crippen molar-refractivity contribution in [1.82, 2.24) is 5.32 Å². The van der Waals surface area contributed by atoms with Crippen molar-refractivity contribution in [2.75, 3.05) is 30.4 Å². The topological polar surface area (TPSA) is 75.3 Å². The highest BCUT2D eigenvalue weighted by Crippen LogP contribution is 2.23. The van der Waals surface area contributed by atoms with Crippen LogP contribution in [-0.4, -0.2) is 44.7 Å². The molecule has 1 aromatic carbocycles. The lowest BCUT2D eigenvalue weighted by Gasteiger charge is -2.21. The molecule has 5 nitrogen and oxygen atoms in total. The Morgan fingerprint density at radius 3 is 2.67 bits per heavy atom. The fraction of sp³-hybridized carbons (Fsp3) is 0.500. The van der Waals surface area contributed by atoms with E-state index in [1.807, 2.05) is 0 Å². The number of thioether (sulfide) groups is 1. The van der Waals surface area contributed by atoms with Crippen LogP contribution in [0.5, 0.6) is 0 Å². The molecular formula is C14H20N2O3S2. The van der Waals surface area contributed by atoms with Gasteiger partial charge in [-0.05, 0) is 38.1 Å². The third-order valence-electron chi connectivity index (χ3n) is 3.30. The fourth-order valence-electron chi connectivity index (χ4n) is 2.24. The van der Waals surface area contributed by atoms with E-state index in [0.717, 1.165) is 32.2 Å². The van der Waals surface area contributed by atoms with Crippen LogP contribution in [0.3, 0.4) is 0 Å². The van der Waals surface area contributed by atoms with Crippen molar-refractivity contribution in [3.8, 4) is 0 Å². The molecule has 0 unspecified atom stereocenters. The summed E-state index contributed by atoms with van der Waals surface area (Å²) in [5.74, 6) is 0.192. The summed E-state index contributed by atoms with van der Waals surface area (Å²) in [6, 6.07) is 6.48. The van der Waals surface area contributed by atoms with E-state index >= 15 is 0 Å². The van der Waals surface area contributed by atoms with E-state index < -0.39 is 9.84 Å². The lowest BCUT2D eigenvalue weighted by molar-refractivity contribution is -0.113. The number of sulfone groups is 1. The van der Waals surface area contributed by atoms with Crippen molar-refractivity contribution in [2.45, 2.75) is 23.0 Å². The largest absolute Gasteiger partial charge is 0.324 e. The molecule has 0 radical (unpaired) electrons. The zero-order valence-corrected chi connectivity index (χ0v) is 13.6. The smallest absolute Gasteiger partial charge is 0.234 e. The Hall–Kier alpha value is -1.05. The third kappa shape index (κ3) is 5.01. The Labute approximate surface area is 129 Å². The Bertz CT molecular complexity index is 596. The SMILES string of the molecule is CS(=O)(=O)c1ccccc1NC(=O)CSC1CCNCC1. The van der Waals surface area contributed by atoms with Crippen LogP contribution in [0.15, 0.2) is 29.2 Å². The minimum atomic E-state index is -3.34. The maximum absolute atomic E-state index is 12.0. The second-order valence-electron chi connectivity index (χ2n) is 5.08. The van der Waals surface area contributed by atoms with Crippen molar-refractivity contribution in [3.63, 3.8) is 0 Å². The van der Waals surface area contributed by atoms with Gasteiger partial charge >= 0.3 is 0 Å². The summed E-state index contributed by atoms with van der Waals surface area (Å²) in [7, 11) is -3.34. The molecule has 1 aromatic rings. The van der Waals surface area contributed by atoms with Gasteiger partial charge in [0, 0.05) is 11.5 Å². The maximum Gasteiger partial charge on any atom is 0.234 e. The number of carbonyl (C=O) groups is 1. The summed E-state index contributed by atoms with van der Waals surface area (Å²) in [6.45, 7) is 1.99. The Kier molecular flexibility index (Phi) is 5.66. The van der Waals surface area contributed by atoms with Crippen molar-refractivity contribution < 1.29 is 13.2 Å². The molecule has 1 aliphatic heterocycles. The first-order valence-electron chi connectivity index (χ1n) is 6.88. The number of anilines is 1. The van der Waals surface area contributed by atoms with Gasteiger partial charge in [0.1, 0.15) is 0 Å². The van der Waals surface area contributed by atoms with Crippen LogP contribution in [0.1, 0.15) is 12.8 Å². The minimum Gasteiger partial charge on any atom is -0.324 e. The number of carbonyl (C=O) groups excluding carboxylic acids is 1. The summed E-state index contributed by atoms with van der Waals surface area (Å²) in [5.41, 5.74) is 0.357. The van der Waals surface area contributed by atoms with Crippen molar-refractivity contribution in [3.05, 3.63) is 24.3 Å². The van der Waals surface area contributed by atoms with E-state index in [-0.39, 0.29) is 10.8 Å². The monoisotopic (exact) mass is 328 g/mol. The van der Waals surface area contributed by atoms with E-state index in [1.54, 1.807) is 30.0 Å². The molecule has 1 amide bonds. The molecule has 0 aliphatic carbocycles. The van der Waals surface area contributed by atoms with Gasteiger partial charge in [0.05, 0.1) is 16.3 Å². The second-order valence-corrected chi connectivity index (χ2v) is 8.35. The van der Waals surface area contributed by atoms with Gasteiger partial charge in [0.25, 0.3) is 0 Å². The Morgan fingerprint density at radius 1 is 1.33 bits per heavy atom. The lowest BCUT2D eigenvalue weighted by Crippen LogP contribution is -2.30. The molecule has 21 heavy (non-hydrogen) atoms. The van der Waals surface area contributed by atoms with Crippen LogP contribution in [0.2, 0.25) is 0 Å². The second kappa shape index (κ2) is 7.29. The molecule has 0 aromatic heterocycles. The molecule has 0 saturated carbocycles. The van der Waals surface area contributed by atoms with Gasteiger partial charge in [-0.2, -0.15) is 0 Å². The van der Waals surface area contributed by atoms with Gasteiger partial charge in [-0.1, -0.05) is 12.1 Å². The zero-order chi connectivity index (χ0) is 15.3. The molecule has 1 aliphatic rings. The molecule has 0 bridgehead atoms. The first kappa shape index (κ1) is 16.3. The normalized spacial score (nSPS) is 16.6. The summed E-state index contributed by atoms with van der Waals surface area (Å²) in [6.07, 6.45) is 3.28. The number of rotatable bonds is 5. The first-order chi connectivity index (χ1) is 9.97. The maximum atomic E-state index is 12.0. The van der Waals surface area contributed by atoms with E-state index in [2.05, 4.69) is 10.6 Å². The fourth-order valence-corrected chi connectivity index (χ4v) is 4.11. The number of benzene rings is 1. The van der Waals surface area contributed by atoms with Crippen LogP contribution in [0, 0.1) is 0 Å². The van der Waals surface area contributed by atoms with Crippen molar-refractivity contribution in [2.24, 2.45) is 0 Å². The molecule has 7 heteroatoms. The summed E-state index contributed by atoms with van der Waals surface area (Å²) >= 11 is 1.64. The highest BCUT2D eigenvalue weighted by Gasteiger charge is 2.17. The quantitative estimate of drug-likeness (QED) is 0.857. The standard InChI is InChI=1S/C14H20N2O3S2/c1-21(18,19)13-5-3-2-4-12(13)16-14(17)10-20-11-6-8-15-9-7-11/h2-5,11,15H,6-10H2,1H3,(H,16,17). The molecule has 0 spiro atoms. The van der Waals surface area contributed by atoms with Gasteiger partial charge in [0.2, 0.25) is 5.91 Å². The van der Waals surface area contributed by atoms with Gasteiger partial charge in [-0.15, -0.1) is 11.8 Å². The number of para-hydroxylation sites is 1. The zero-order valence-electron chi connectivity index (χ0n) is 12.0. The van der Waals surface area contributed by atoms with Gasteiger partial charge < -0.3 is 10.6 Å². The molecule has 1 heterocycles. The molecule has 1 fully saturated rings. The molecule has 0 atom stereocenters. The average Bonchev–Trinajstić information content (AvgIpc) is 2.46. The van der Waals surface area contributed by atoms with E-state index in [4.69, 9.17) is 0 Å². The number of hydrogen-bond donors (Lipinski definition) is 2. The summed E-state index contributed by atoms with van der Waals surface area (Å²) in [5, 5.41) is 6.49. The number of amides is 1. The number of piperidine rings is 1. The van der Waals surface area contributed by atoms with Crippen LogP contribution in [0.25, 0.3) is 0 Å². The first-order valence-corrected chi connectivity index (χ1v) is 9.82. The average molecular weight is 328 g/mol. The molecule has 1 saturated heterocycles. The van der Waals surface area contributed by atoms with Crippen molar-refractivity contribution >= 4 is 33.2 Å². The van der Waals surface area contributed by atoms with Gasteiger partial charge in [-0.25, -0.2) is 8.42 Å². The molecule has 2 rings (SSSR count). The van der Waals surface area contributed by atoms with Gasteiger partial charge in [0.15, 0.2) is 9.84 Å². The van der Waals surface area contributed by atoms with E-state index in [1.165, 1.54) is 6.07 Å². The summed E-state index contributed by atoms with van der Waals surface area (Å²) in [4.78, 5) is 12.1. The Morgan fingerprint density at radius 2 is 2.00 bits per heavy atom. The number of nitrogens with one attached hydrogen (secondary N) is 2.